The molecule has 1 aliphatic carbocycles. The van der Waals surface area contributed by atoms with Crippen molar-refractivity contribution in [3.63, 3.8) is 0 Å². The van der Waals surface area contributed by atoms with Gasteiger partial charge < -0.3 is 5.32 Å². The van der Waals surface area contributed by atoms with Crippen LogP contribution in [0.4, 0.5) is 8.78 Å². The summed E-state index contributed by atoms with van der Waals surface area (Å²) in [6, 6.07) is 3.38. The lowest BCUT2D eigenvalue weighted by Crippen LogP contribution is -2.28. The van der Waals surface area contributed by atoms with Gasteiger partial charge in [-0.3, -0.25) is 4.79 Å². The third-order valence-electron chi connectivity index (χ3n) is 3.25. The Morgan fingerprint density at radius 3 is 2.59 bits per heavy atom. The van der Waals surface area contributed by atoms with Gasteiger partial charge in [-0.05, 0) is 37.0 Å². The van der Waals surface area contributed by atoms with Gasteiger partial charge in [-0.2, -0.15) is 0 Å². The molecule has 0 aliphatic heterocycles. The number of benzene rings is 1. The summed E-state index contributed by atoms with van der Waals surface area (Å²) < 4.78 is 25.8. The molecule has 1 amide bonds. The van der Waals surface area contributed by atoms with E-state index in [9.17, 15) is 13.6 Å². The smallest absolute Gasteiger partial charge is 0.223 e. The van der Waals surface area contributed by atoms with E-state index in [-0.39, 0.29) is 17.9 Å². The molecule has 1 aliphatic rings. The van der Waals surface area contributed by atoms with Crippen molar-refractivity contribution in [2.75, 3.05) is 0 Å². The van der Waals surface area contributed by atoms with Crippen LogP contribution in [0.3, 0.4) is 0 Å². The predicted molar refractivity (Wildman–Crippen MR) is 60.2 cm³/mol. The van der Waals surface area contributed by atoms with E-state index in [1.165, 1.54) is 6.07 Å². The largest absolute Gasteiger partial charge is 0.349 e. The Balaban J connectivity index is 2.01. The number of rotatable bonds is 3. The van der Waals surface area contributed by atoms with Gasteiger partial charge in [0.15, 0.2) is 11.6 Å². The van der Waals surface area contributed by atoms with Crippen molar-refractivity contribution in [1.82, 2.24) is 5.32 Å². The van der Waals surface area contributed by atoms with E-state index in [4.69, 9.17) is 0 Å². The highest BCUT2D eigenvalue weighted by Crippen LogP contribution is 2.38. The molecule has 1 saturated carbocycles. The van der Waals surface area contributed by atoms with E-state index in [1.54, 1.807) is 6.92 Å². The Hall–Kier alpha value is -1.45. The summed E-state index contributed by atoms with van der Waals surface area (Å²) in [6.45, 7) is 3.78. The maximum Gasteiger partial charge on any atom is 0.223 e. The fourth-order valence-electron chi connectivity index (χ4n) is 1.87. The van der Waals surface area contributed by atoms with Crippen LogP contribution >= 0.6 is 0 Å². The minimum Gasteiger partial charge on any atom is -0.349 e. The van der Waals surface area contributed by atoms with E-state index in [2.05, 4.69) is 5.32 Å². The van der Waals surface area contributed by atoms with Gasteiger partial charge in [-0.1, -0.05) is 13.0 Å². The average molecular weight is 239 g/mol. The van der Waals surface area contributed by atoms with Crippen molar-refractivity contribution in [3.05, 3.63) is 35.4 Å². The van der Waals surface area contributed by atoms with Crippen LogP contribution in [0.2, 0.25) is 0 Å². The van der Waals surface area contributed by atoms with Gasteiger partial charge in [0.25, 0.3) is 0 Å². The number of hydrogen-bond donors (Lipinski definition) is 1. The number of carbonyl (C=O) groups is 1. The molecule has 17 heavy (non-hydrogen) atoms. The second-order valence-electron chi connectivity index (χ2n) is 4.72. The van der Waals surface area contributed by atoms with E-state index in [0.717, 1.165) is 18.6 Å². The number of nitrogens with one attached hydrogen (secondary N) is 1. The minimum absolute atomic E-state index is 0.00488. The molecule has 0 spiro atoms. The molecule has 1 aromatic rings. The summed E-state index contributed by atoms with van der Waals surface area (Å²) in [5, 5.41) is 2.81. The number of hydrogen-bond acceptors (Lipinski definition) is 1. The Morgan fingerprint density at radius 1 is 1.41 bits per heavy atom. The van der Waals surface area contributed by atoms with Crippen LogP contribution in [-0.2, 0) is 4.79 Å². The molecule has 4 heteroatoms. The Kier molecular flexibility index (Phi) is 3.13. The lowest BCUT2D eigenvalue weighted by atomic mass is 10.1. The summed E-state index contributed by atoms with van der Waals surface area (Å²) in [4.78, 5) is 11.7. The molecule has 0 heterocycles. The first-order chi connectivity index (χ1) is 7.99. The van der Waals surface area contributed by atoms with E-state index >= 15 is 0 Å². The summed E-state index contributed by atoms with van der Waals surface area (Å²) >= 11 is 0. The second-order valence-corrected chi connectivity index (χ2v) is 4.72. The Morgan fingerprint density at radius 2 is 2.06 bits per heavy atom. The average Bonchev–Trinajstić information content (AvgIpc) is 2.99. The lowest BCUT2D eigenvalue weighted by Gasteiger charge is -2.14. The first-order valence-corrected chi connectivity index (χ1v) is 5.74. The van der Waals surface area contributed by atoms with E-state index in [0.29, 0.717) is 11.5 Å². The molecule has 0 saturated heterocycles. The maximum absolute atomic E-state index is 13.0. The summed E-state index contributed by atoms with van der Waals surface area (Å²) in [6.07, 6.45) is 0.913. The van der Waals surface area contributed by atoms with Crippen molar-refractivity contribution in [1.29, 1.82) is 0 Å². The molecule has 2 nitrogen and oxygen atoms in total. The van der Waals surface area contributed by atoms with Crippen molar-refractivity contribution in [2.24, 2.45) is 11.8 Å². The molecule has 2 rings (SSSR count). The third kappa shape index (κ3) is 2.62. The van der Waals surface area contributed by atoms with Crippen LogP contribution in [0, 0.1) is 23.5 Å². The normalized spacial score (nSPS) is 24.2. The van der Waals surface area contributed by atoms with Gasteiger partial charge in [-0.25, -0.2) is 8.78 Å². The van der Waals surface area contributed by atoms with Gasteiger partial charge >= 0.3 is 0 Å². The molecule has 3 atom stereocenters. The quantitative estimate of drug-likeness (QED) is 0.863. The van der Waals surface area contributed by atoms with Crippen molar-refractivity contribution in [2.45, 2.75) is 26.3 Å². The Bertz CT molecular complexity index is 447. The molecule has 0 radical (unpaired) electrons. The number of carbonyl (C=O) groups excluding carboxylic acids is 1. The van der Waals surface area contributed by atoms with E-state index < -0.39 is 11.6 Å². The van der Waals surface area contributed by atoms with Crippen LogP contribution in [-0.4, -0.2) is 5.91 Å². The monoisotopic (exact) mass is 239 g/mol. The molecular weight excluding hydrogens is 224 g/mol. The zero-order chi connectivity index (χ0) is 12.6. The van der Waals surface area contributed by atoms with Gasteiger partial charge in [0.2, 0.25) is 5.91 Å². The van der Waals surface area contributed by atoms with Crippen molar-refractivity contribution < 1.29 is 13.6 Å². The van der Waals surface area contributed by atoms with Crippen molar-refractivity contribution >= 4 is 5.91 Å². The van der Waals surface area contributed by atoms with Gasteiger partial charge in [0.05, 0.1) is 6.04 Å². The highest BCUT2D eigenvalue weighted by atomic mass is 19.2. The number of amides is 1. The minimum atomic E-state index is -0.886. The first kappa shape index (κ1) is 12.0. The van der Waals surface area contributed by atoms with Crippen LogP contribution < -0.4 is 5.32 Å². The van der Waals surface area contributed by atoms with Crippen molar-refractivity contribution in [3.8, 4) is 0 Å². The highest BCUT2D eigenvalue weighted by Gasteiger charge is 2.39. The lowest BCUT2D eigenvalue weighted by molar-refractivity contribution is -0.123. The van der Waals surface area contributed by atoms with E-state index in [1.807, 2.05) is 6.92 Å². The van der Waals surface area contributed by atoms with Gasteiger partial charge in [0, 0.05) is 5.92 Å². The summed E-state index contributed by atoms with van der Waals surface area (Å²) in [5.74, 6) is -1.24. The molecule has 1 fully saturated rings. The van der Waals surface area contributed by atoms with Gasteiger partial charge in [0.1, 0.15) is 0 Å². The fraction of sp³-hybridized carbons (Fsp3) is 0.462. The SMILES string of the molecule is CC(NC(=O)C1CC1C)c1ccc(F)c(F)c1. The van der Waals surface area contributed by atoms with Crippen LogP contribution in [0.15, 0.2) is 18.2 Å². The third-order valence-corrected chi connectivity index (χ3v) is 3.25. The molecule has 3 unspecified atom stereocenters. The second kappa shape index (κ2) is 4.43. The summed E-state index contributed by atoms with van der Waals surface area (Å²) in [7, 11) is 0. The standard InChI is InChI=1S/C13H15F2NO/c1-7-5-10(7)13(17)16-8(2)9-3-4-11(14)12(15)6-9/h3-4,6-8,10H,5H2,1-2H3,(H,16,17). The zero-order valence-electron chi connectivity index (χ0n) is 9.84. The van der Waals surface area contributed by atoms with Crippen LogP contribution in [0.1, 0.15) is 31.9 Å². The van der Waals surface area contributed by atoms with Crippen LogP contribution in [0.25, 0.3) is 0 Å². The number of halogens is 2. The molecule has 92 valence electrons. The predicted octanol–water partition coefficient (Wildman–Crippen LogP) is 2.80. The molecule has 0 aromatic heterocycles. The first-order valence-electron chi connectivity index (χ1n) is 5.74. The Labute approximate surface area is 99.0 Å². The van der Waals surface area contributed by atoms with Gasteiger partial charge in [-0.15, -0.1) is 0 Å². The summed E-state index contributed by atoms with van der Waals surface area (Å²) in [5.41, 5.74) is 0.575. The molecular formula is C13H15F2NO. The topological polar surface area (TPSA) is 29.1 Å². The molecule has 0 bridgehead atoms. The highest BCUT2D eigenvalue weighted by molar-refractivity contribution is 5.81. The zero-order valence-corrected chi connectivity index (χ0v) is 9.84. The molecule has 1 aromatic carbocycles. The maximum atomic E-state index is 13.0. The fourth-order valence-corrected chi connectivity index (χ4v) is 1.87. The molecule has 1 N–H and O–H groups in total. The van der Waals surface area contributed by atoms with Crippen LogP contribution in [0.5, 0.6) is 0 Å².